The lowest BCUT2D eigenvalue weighted by molar-refractivity contribution is -0.547. The van der Waals surface area contributed by atoms with E-state index < -0.39 is 28.9 Å². The first-order valence-electron chi connectivity index (χ1n) is 8.24. The normalized spacial score (nSPS) is 14.8. The van der Waals surface area contributed by atoms with Crippen molar-refractivity contribution in [1.29, 1.82) is 0 Å². The Balaban J connectivity index is 5.24. The van der Waals surface area contributed by atoms with Crippen LogP contribution in [0, 0.1) is 5.92 Å². The Hall–Kier alpha value is -0.690. The Kier molecular flexibility index (Phi) is 8.70. The molecule has 0 heterocycles. The van der Waals surface area contributed by atoms with Crippen molar-refractivity contribution in [3.05, 3.63) is 0 Å². The van der Waals surface area contributed by atoms with E-state index in [9.17, 15) is 9.90 Å². The van der Waals surface area contributed by atoms with Crippen molar-refractivity contribution in [1.82, 2.24) is 0 Å². The highest BCUT2D eigenvalue weighted by atomic mass is 17.3. The average Bonchev–Trinajstić information content (AvgIpc) is 2.37. The first-order chi connectivity index (χ1) is 10.3. The van der Waals surface area contributed by atoms with Gasteiger partial charge in [-0.05, 0) is 54.9 Å². The molecule has 0 radical (unpaired) electrons. The second kappa shape index (κ2) is 8.97. The molecule has 0 saturated carbocycles. The first-order valence-corrected chi connectivity index (χ1v) is 8.24. The van der Waals surface area contributed by atoms with Crippen molar-refractivity contribution in [3.8, 4) is 0 Å². The maximum Gasteiger partial charge on any atom is 0.303 e. The van der Waals surface area contributed by atoms with Crippen LogP contribution < -0.4 is 0 Å². The van der Waals surface area contributed by atoms with Crippen LogP contribution in [0.1, 0.15) is 81.1 Å². The van der Waals surface area contributed by atoms with Gasteiger partial charge in [-0.25, -0.2) is 9.78 Å². The van der Waals surface area contributed by atoms with E-state index in [4.69, 9.17) is 19.6 Å². The number of aliphatic carboxylic acids is 1. The van der Waals surface area contributed by atoms with Crippen molar-refractivity contribution in [3.63, 3.8) is 0 Å². The van der Waals surface area contributed by atoms with Crippen LogP contribution in [0.5, 0.6) is 0 Å². The van der Waals surface area contributed by atoms with Gasteiger partial charge in [0, 0.05) is 5.92 Å². The summed E-state index contributed by atoms with van der Waals surface area (Å²) in [4.78, 5) is 33.1. The molecule has 0 aliphatic carbocycles. The van der Waals surface area contributed by atoms with E-state index in [-0.39, 0.29) is 6.42 Å². The molecule has 0 fully saturated rings. The zero-order chi connectivity index (χ0) is 18.3. The molecule has 6 heteroatoms. The van der Waals surface area contributed by atoms with Gasteiger partial charge in [-0.1, -0.05) is 19.8 Å². The van der Waals surface area contributed by atoms with Crippen molar-refractivity contribution >= 4 is 5.97 Å². The van der Waals surface area contributed by atoms with Crippen LogP contribution in [0.2, 0.25) is 0 Å². The third-order valence-electron chi connectivity index (χ3n) is 2.98. The number of carboxylic acids is 1. The van der Waals surface area contributed by atoms with Crippen LogP contribution >= 0.6 is 0 Å². The van der Waals surface area contributed by atoms with E-state index >= 15 is 0 Å². The molecule has 1 unspecified atom stereocenters. The molecule has 0 aliphatic heterocycles. The second-order valence-corrected chi connectivity index (χ2v) is 8.01. The van der Waals surface area contributed by atoms with Gasteiger partial charge in [0.25, 0.3) is 0 Å². The Labute approximate surface area is 140 Å². The minimum atomic E-state index is -1.31. The Morgan fingerprint density at radius 2 is 1.35 bits per heavy atom. The largest absolute Gasteiger partial charge is 0.481 e. The SMILES string of the molecule is CCCCC(CC(=O)O)C(C)(OOC(C)(C)C)OOC(C)(C)C. The Bertz CT molecular complexity index is 335. The zero-order valence-corrected chi connectivity index (χ0v) is 15.9. The maximum absolute atomic E-state index is 11.2. The molecule has 1 atom stereocenters. The van der Waals surface area contributed by atoms with E-state index in [0.29, 0.717) is 6.42 Å². The summed E-state index contributed by atoms with van der Waals surface area (Å²) in [5.74, 6) is -2.62. The highest BCUT2D eigenvalue weighted by Crippen LogP contribution is 2.34. The van der Waals surface area contributed by atoms with Gasteiger partial charge in [0.1, 0.15) is 0 Å². The van der Waals surface area contributed by atoms with Crippen molar-refractivity contribution in [2.75, 3.05) is 0 Å². The lowest BCUT2D eigenvalue weighted by Crippen LogP contribution is -2.45. The molecule has 0 aliphatic rings. The van der Waals surface area contributed by atoms with Crippen LogP contribution in [0.15, 0.2) is 0 Å². The summed E-state index contributed by atoms with van der Waals surface area (Å²) in [6.07, 6.45) is 2.37. The molecular formula is C17H34O6. The van der Waals surface area contributed by atoms with Gasteiger partial charge in [0.15, 0.2) is 0 Å². The van der Waals surface area contributed by atoms with Crippen molar-refractivity contribution in [2.24, 2.45) is 5.92 Å². The summed E-state index contributed by atoms with van der Waals surface area (Å²) in [6, 6.07) is 0. The van der Waals surface area contributed by atoms with Gasteiger partial charge in [0.05, 0.1) is 17.6 Å². The maximum atomic E-state index is 11.2. The molecular weight excluding hydrogens is 300 g/mol. The van der Waals surface area contributed by atoms with E-state index in [0.717, 1.165) is 12.8 Å². The summed E-state index contributed by atoms with van der Waals surface area (Å²) in [7, 11) is 0. The quantitative estimate of drug-likeness (QED) is 0.361. The summed E-state index contributed by atoms with van der Waals surface area (Å²) >= 11 is 0. The number of hydrogen-bond acceptors (Lipinski definition) is 5. The predicted octanol–water partition coefficient (Wildman–Crippen LogP) is 4.48. The number of rotatable bonds is 10. The van der Waals surface area contributed by atoms with Gasteiger partial charge >= 0.3 is 5.97 Å². The van der Waals surface area contributed by atoms with Crippen LogP contribution in [0.3, 0.4) is 0 Å². The molecule has 0 aromatic heterocycles. The Morgan fingerprint density at radius 1 is 0.913 bits per heavy atom. The standard InChI is InChI=1S/C17H34O6/c1-9-10-11-13(12-14(18)19)17(8,22-20-15(2,3)4)23-21-16(5,6)7/h13H,9-12H2,1-8H3,(H,18,19). The van der Waals surface area contributed by atoms with Crippen LogP contribution in [-0.2, 0) is 24.3 Å². The molecule has 0 aromatic carbocycles. The molecule has 0 bridgehead atoms. The van der Waals surface area contributed by atoms with Crippen LogP contribution in [0.4, 0.5) is 0 Å². The van der Waals surface area contributed by atoms with Gasteiger partial charge in [-0.15, -0.1) is 0 Å². The van der Waals surface area contributed by atoms with Crippen molar-refractivity contribution in [2.45, 2.75) is 98.1 Å². The summed E-state index contributed by atoms with van der Waals surface area (Å²) in [5, 5.41) is 9.21. The van der Waals surface area contributed by atoms with E-state index in [1.807, 2.05) is 48.5 Å². The minimum absolute atomic E-state index is 0.0858. The highest BCUT2D eigenvalue weighted by molar-refractivity contribution is 5.67. The summed E-state index contributed by atoms with van der Waals surface area (Å²) < 4.78 is 0. The number of hydrogen-bond donors (Lipinski definition) is 1. The van der Waals surface area contributed by atoms with Crippen LogP contribution in [-0.4, -0.2) is 28.1 Å². The topological polar surface area (TPSA) is 74.2 Å². The molecule has 6 nitrogen and oxygen atoms in total. The highest BCUT2D eigenvalue weighted by Gasteiger charge is 2.42. The summed E-state index contributed by atoms with van der Waals surface area (Å²) in [6.45, 7) is 14.8. The number of carboxylic acid groups (broad SMARTS) is 1. The third kappa shape index (κ3) is 10.7. The monoisotopic (exact) mass is 334 g/mol. The van der Waals surface area contributed by atoms with Crippen LogP contribution in [0.25, 0.3) is 0 Å². The van der Waals surface area contributed by atoms with Crippen molar-refractivity contribution < 1.29 is 29.5 Å². The van der Waals surface area contributed by atoms with Gasteiger partial charge in [-0.3, -0.25) is 4.79 Å². The second-order valence-electron chi connectivity index (χ2n) is 8.01. The molecule has 0 spiro atoms. The third-order valence-corrected chi connectivity index (χ3v) is 2.98. The minimum Gasteiger partial charge on any atom is -0.481 e. The average molecular weight is 334 g/mol. The van der Waals surface area contributed by atoms with Gasteiger partial charge < -0.3 is 5.11 Å². The van der Waals surface area contributed by atoms with E-state index in [1.165, 1.54) is 0 Å². The summed E-state index contributed by atoms with van der Waals surface area (Å²) in [5.41, 5.74) is -1.10. The molecule has 0 saturated heterocycles. The fraction of sp³-hybridized carbons (Fsp3) is 0.941. The lowest BCUT2D eigenvalue weighted by Gasteiger charge is -2.37. The zero-order valence-electron chi connectivity index (χ0n) is 15.9. The van der Waals surface area contributed by atoms with E-state index in [2.05, 4.69) is 0 Å². The first kappa shape index (κ1) is 22.3. The number of carbonyl (C=O) groups is 1. The molecule has 0 rings (SSSR count). The predicted molar refractivity (Wildman–Crippen MR) is 87.5 cm³/mol. The molecule has 138 valence electrons. The molecule has 0 aromatic rings. The Morgan fingerprint density at radius 3 is 1.65 bits per heavy atom. The fourth-order valence-corrected chi connectivity index (χ4v) is 1.78. The fourth-order valence-electron chi connectivity index (χ4n) is 1.78. The number of unbranched alkanes of at least 4 members (excludes halogenated alkanes) is 1. The van der Waals surface area contributed by atoms with E-state index in [1.54, 1.807) is 6.92 Å². The smallest absolute Gasteiger partial charge is 0.303 e. The molecule has 23 heavy (non-hydrogen) atoms. The molecule has 0 amide bonds. The lowest BCUT2D eigenvalue weighted by atomic mass is 9.91. The van der Waals surface area contributed by atoms with Gasteiger partial charge in [-0.2, -0.15) is 9.78 Å². The van der Waals surface area contributed by atoms with Gasteiger partial charge in [0.2, 0.25) is 5.79 Å². The molecule has 1 N–H and O–H groups in total.